The molecule has 1 aromatic rings. The normalized spacial score (nSPS) is 10.4. The third kappa shape index (κ3) is 4.94. The van der Waals surface area contributed by atoms with E-state index in [1.807, 2.05) is 18.3 Å². The third-order valence-corrected chi connectivity index (χ3v) is 2.07. The summed E-state index contributed by atoms with van der Waals surface area (Å²) in [7, 11) is 0. The molecule has 1 heterocycles. The summed E-state index contributed by atoms with van der Waals surface area (Å²) in [6.45, 7) is 2.85. The Morgan fingerprint density at radius 1 is 1.21 bits per heavy atom. The quantitative estimate of drug-likeness (QED) is 0.634. The maximum Gasteiger partial charge on any atom is 0.0404 e. The van der Waals surface area contributed by atoms with Gasteiger partial charge in [-0.2, -0.15) is 0 Å². The molecule has 14 heavy (non-hydrogen) atoms. The Bertz CT molecular complexity index is 223. The second-order valence-electron chi connectivity index (χ2n) is 3.32. The largest absolute Gasteiger partial charge is 0.330 e. The molecule has 3 nitrogen and oxygen atoms in total. The van der Waals surface area contributed by atoms with Gasteiger partial charge in [0.2, 0.25) is 0 Å². The number of aryl methyl sites for hydroxylation is 1. The summed E-state index contributed by atoms with van der Waals surface area (Å²) in [5.74, 6) is 0. The predicted molar refractivity (Wildman–Crippen MR) is 59.1 cm³/mol. The minimum absolute atomic E-state index is 0.771. The number of nitrogens with one attached hydrogen (secondary N) is 1. The molecule has 0 amide bonds. The summed E-state index contributed by atoms with van der Waals surface area (Å²) in [4.78, 5) is 4.26. The van der Waals surface area contributed by atoms with Crippen molar-refractivity contribution >= 4 is 0 Å². The highest BCUT2D eigenvalue weighted by molar-refractivity contribution is 5.03. The van der Waals surface area contributed by atoms with Crippen LogP contribution in [0.2, 0.25) is 0 Å². The highest BCUT2D eigenvalue weighted by Crippen LogP contribution is 1.96. The number of rotatable bonds is 7. The second-order valence-corrected chi connectivity index (χ2v) is 3.32. The van der Waals surface area contributed by atoms with E-state index in [0.29, 0.717) is 0 Å². The minimum atomic E-state index is 0.771. The molecule has 0 aliphatic rings. The maximum absolute atomic E-state index is 5.38. The number of nitrogens with zero attached hydrogens (tertiary/aromatic N) is 1. The Morgan fingerprint density at radius 2 is 2.07 bits per heavy atom. The highest BCUT2D eigenvalue weighted by atomic mass is 14.8. The van der Waals surface area contributed by atoms with Crippen LogP contribution >= 0.6 is 0 Å². The zero-order valence-electron chi connectivity index (χ0n) is 8.58. The van der Waals surface area contributed by atoms with E-state index in [9.17, 15) is 0 Å². The van der Waals surface area contributed by atoms with Crippen molar-refractivity contribution in [1.29, 1.82) is 0 Å². The number of pyridine rings is 1. The van der Waals surface area contributed by atoms with Gasteiger partial charge in [-0.1, -0.05) is 6.07 Å². The van der Waals surface area contributed by atoms with Crippen molar-refractivity contribution < 1.29 is 0 Å². The predicted octanol–water partition coefficient (Wildman–Crippen LogP) is 0.953. The zero-order chi connectivity index (χ0) is 10.1. The Balaban J connectivity index is 1.99. The molecule has 1 aromatic heterocycles. The van der Waals surface area contributed by atoms with E-state index in [1.54, 1.807) is 0 Å². The molecule has 0 unspecified atom stereocenters. The fourth-order valence-electron chi connectivity index (χ4n) is 1.29. The van der Waals surface area contributed by atoms with Crippen LogP contribution < -0.4 is 11.1 Å². The average molecular weight is 193 g/mol. The summed E-state index contributed by atoms with van der Waals surface area (Å²) in [5.41, 5.74) is 6.56. The number of aromatic nitrogens is 1. The van der Waals surface area contributed by atoms with Crippen LogP contribution in [0.5, 0.6) is 0 Å². The molecule has 3 heteroatoms. The van der Waals surface area contributed by atoms with Crippen molar-refractivity contribution in [3.8, 4) is 0 Å². The molecule has 0 bridgehead atoms. The van der Waals surface area contributed by atoms with Crippen LogP contribution in [0.1, 0.15) is 18.5 Å². The Morgan fingerprint density at radius 3 is 2.79 bits per heavy atom. The summed E-state index contributed by atoms with van der Waals surface area (Å²) in [6.07, 6.45) is 5.10. The molecule has 0 aliphatic carbocycles. The van der Waals surface area contributed by atoms with E-state index in [-0.39, 0.29) is 0 Å². The molecule has 0 atom stereocenters. The van der Waals surface area contributed by atoms with Crippen molar-refractivity contribution in [2.75, 3.05) is 19.6 Å². The van der Waals surface area contributed by atoms with Gasteiger partial charge < -0.3 is 11.1 Å². The molecular formula is C11H19N3. The lowest BCUT2D eigenvalue weighted by atomic mass is 10.2. The summed E-state index contributed by atoms with van der Waals surface area (Å²) in [6, 6.07) is 6.05. The first-order valence-corrected chi connectivity index (χ1v) is 5.24. The van der Waals surface area contributed by atoms with Crippen LogP contribution in [0.4, 0.5) is 0 Å². The first-order chi connectivity index (χ1) is 6.93. The van der Waals surface area contributed by atoms with Crippen LogP contribution in [0.25, 0.3) is 0 Å². The molecule has 0 saturated heterocycles. The Labute approximate surface area is 85.7 Å². The molecule has 0 aliphatic heterocycles. The first-order valence-electron chi connectivity index (χ1n) is 5.24. The molecule has 0 saturated carbocycles. The maximum atomic E-state index is 5.38. The van der Waals surface area contributed by atoms with Gasteiger partial charge in [-0.15, -0.1) is 0 Å². The molecule has 3 N–H and O–H groups in total. The van der Waals surface area contributed by atoms with Crippen LogP contribution in [0.3, 0.4) is 0 Å². The number of nitrogens with two attached hydrogens (primary N) is 1. The van der Waals surface area contributed by atoms with Gasteiger partial charge in [0, 0.05) is 11.9 Å². The van der Waals surface area contributed by atoms with Gasteiger partial charge >= 0.3 is 0 Å². The Kier molecular flexibility index (Phi) is 5.95. The van der Waals surface area contributed by atoms with Gasteiger partial charge in [0.25, 0.3) is 0 Å². The molecule has 78 valence electrons. The van der Waals surface area contributed by atoms with Crippen molar-refractivity contribution in [1.82, 2.24) is 10.3 Å². The fourth-order valence-corrected chi connectivity index (χ4v) is 1.29. The highest BCUT2D eigenvalue weighted by Gasteiger charge is 1.92. The third-order valence-electron chi connectivity index (χ3n) is 2.07. The summed E-state index contributed by atoms with van der Waals surface area (Å²) < 4.78 is 0. The van der Waals surface area contributed by atoms with Crippen LogP contribution in [-0.4, -0.2) is 24.6 Å². The van der Waals surface area contributed by atoms with Gasteiger partial charge in [-0.05, 0) is 51.0 Å². The molecule has 0 fully saturated rings. The van der Waals surface area contributed by atoms with E-state index in [2.05, 4.69) is 16.4 Å². The lowest BCUT2D eigenvalue weighted by Gasteiger charge is -2.02. The van der Waals surface area contributed by atoms with Gasteiger partial charge in [-0.3, -0.25) is 4.98 Å². The van der Waals surface area contributed by atoms with E-state index < -0.39 is 0 Å². The van der Waals surface area contributed by atoms with Crippen LogP contribution in [0.15, 0.2) is 24.4 Å². The minimum Gasteiger partial charge on any atom is -0.330 e. The van der Waals surface area contributed by atoms with Crippen molar-refractivity contribution in [3.05, 3.63) is 30.1 Å². The van der Waals surface area contributed by atoms with Gasteiger partial charge in [-0.25, -0.2) is 0 Å². The number of hydrogen-bond acceptors (Lipinski definition) is 3. The standard InChI is InChI=1S/C11H19N3/c12-7-4-9-13-8-3-6-11-5-1-2-10-14-11/h1-2,5,10,13H,3-4,6-9,12H2. The van der Waals surface area contributed by atoms with Crippen molar-refractivity contribution in [3.63, 3.8) is 0 Å². The Hall–Kier alpha value is -0.930. The van der Waals surface area contributed by atoms with E-state index >= 15 is 0 Å². The first kappa shape index (κ1) is 11.1. The zero-order valence-corrected chi connectivity index (χ0v) is 8.58. The van der Waals surface area contributed by atoms with Gasteiger partial charge in [0.05, 0.1) is 0 Å². The topological polar surface area (TPSA) is 50.9 Å². The van der Waals surface area contributed by atoms with Gasteiger partial charge in [0.15, 0.2) is 0 Å². The van der Waals surface area contributed by atoms with E-state index in [4.69, 9.17) is 5.73 Å². The van der Waals surface area contributed by atoms with Crippen molar-refractivity contribution in [2.45, 2.75) is 19.3 Å². The van der Waals surface area contributed by atoms with Gasteiger partial charge in [0.1, 0.15) is 0 Å². The molecule has 0 aromatic carbocycles. The monoisotopic (exact) mass is 193 g/mol. The van der Waals surface area contributed by atoms with Crippen LogP contribution in [-0.2, 0) is 6.42 Å². The second kappa shape index (κ2) is 7.47. The SMILES string of the molecule is NCCCNCCCc1ccccn1. The van der Waals surface area contributed by atoms with E-state index in [0.717, 1.165) is 38.9 Å². The smallest absolute Gasteiger partial charge is 0.0404 e. The molecular weight excluding hydrogens is 174 g/mol. The van der Waals surface area contributed by atoms with Crippen molar-refractivity contribution in [2.24, 2.45) is 5.73 Å². The average Bonchev–Trinajstić information content (AvgIpc) is 2.25. The molecule has 1 rings (SSSR count). The van der Waals surface area contributed by atoms with Crippen LogP contribution in [0, 0.1) is 0 Å². The molecule has 0 radical (unpaired) electrons. The molecule has 0 spiro atoms. The number of hydrogen-bond donors (Lipinski definition) is 2. The lowest BCUT2D eigenvalue weighted by Crippen LogP contribution is -2.19. The lowest BCUT2D eigenvalue weighted by molar-refractivity contribution is 0.624. The fraction of sp³-hybridized carbons (Fsp3) is 0.545. The van der Waals surface area contributed by atoms with E-state index in [1.165, 1.54) is 5.69 Å². The summed E-state index contributed by atoms with van der Waals surface area (Å²) in [5, 5.41) is 3.35. The summed E-state index contributed by atoms with van der Waals surface area (Å²) >= 11 is 0.